The van der Waals surface area contributed by atoms with E-state index < -0.39 is 23.3 Å². The molecule has 0 aliphatic carbocycles. The van der Waals surface area contributed by atoms with Crippen LogP contribution >= 0.6 is 0 Å². The van der Waals surface area contributed by atoms with Crippen LogP contribution in [-0.4, -0.2) is 16.1 Å². The maximum atomic E-state index is 11.2. The van der Waals surface area contributed by atoms with E-state index in [0.717, 1.165) is 19.8 Å². The Morgan fingerprint density at radius 1 is 0.850 bits per heavy atom. The van der Waals surface area contributed by atoms with E-state index in [1.165, 1.54) is 38.5 Å². The van der Waals surface area contributed by atoms with Gasteiger partial charge in [-0.3, -0.25) is 9.59 Å². The van der Waals surface area contributed by atoms with Crippen LogP contribution < -0.4 is 0 Å². The molecular formula is C14H26O5S. The standard InChI is InChI=1S/C14H26O5S/c1-3-4-5-6-7-8-9-10-11-12-14(16)19-20(17)18-13(2)15/h3-12H2,1-2H3. The van der Waals surface area contributed by atoms with Crippen LogP contribution in [0.5, 0.6) is 0 Å². The van der Waals surface area contributed by atoms with Gasteiger partial charge in [-0.15, -0.1) is 0 Å². The third-order valence-corrected chi connectivity index (χ3v) is 3.52. The van der Waals surface area contributed by atoms with Gasteiger partial charge in [0.25, 0.3) is 0 Å². The van der Waals surface area contributed by atoms with Crippen LogP contribution in [0.25, 0.3) is 0 Å². The second-order valence-electron chi connectivity index (χ2n) is 4.81. The van der Waals surface area contributed by atoms with Crippen LogP contribution in [0.1, 0.15) is 78.1 Å². The first-order valence-corrected chi connectivity index (χ1v) is 8.38. The van der Waals surface area contributed by atoms with Crippen LogP contribution in [0.2, 0.25) is 0 Å². The Balaban J connectivity index is 3.35. The molecule has 0 spiro atoms. The average Bonchev–Trinajstić information content (AvgIpc) is 2.35. The zero-order valence-electron chi connectivity index (χ0n) is 12.5. The lowest BCUT2D eigenvalue weighted by Gasteiger charge is -2.03. The molecule has 0 aromatic heterocycles. The molecular weight excluding hydrogens is 280 g/mol. The highest BCUT2D eigenvalue weighted by Crippen LogP contribution is 2.11. The zero-order valence-corrected chi connectivity index (χ0v) is 13.3. The van der Waals surface area contributed by atoms with Gasteiger partial charge in [0.1, 0.15) is 0 Å². The second-order valence-corrected chi connectivity index (χ2v) is 5.55. The van der Waals surface area contributed by atoms with Crippen LogP contribution in [0.3, 0.4) is 0 Å². The highest BCUT2D eigenvalue weighted by Gasteiger charge is 2.11. The summed E-state index contributed by atoms with van der Waals surface area (Å²) in [5.41, 5.74) is 0. The van der Waals surface area contributed by atoms with Crippen molar-refractivity contribution in [3.05, 3.63) is 0 Å². The molecule has 0 saturated heterocycles. The van der Waals surface area contributed by atoms with Crippen molar-refractivity contribution in [1.29, 1.82) is 0 Å². The summed E-state index contributed by atoms with van der Waals surface area (Å²) in [4.78, 5) is 21.7. The van der Waals surface area contributed by atoms with Gasteiger partial charge in [0, 0.05) is 13.3 Å². The summed E-state index contributed by atoms with van der Waals surface area (Å²) in [6.45, 7) is 3.31. The number of hydrogen-bond donors (Lipinski definition) is 0. The highest BCUT2D eigenvalue weighted by atomic mass is 32.2. The van der Waals surface area contributed by atoms with Crippen molar-refractivity contribution in [2.24, 2.45) is 0 Å². The Labute approximate surface area is 124 Å². The topological polar surface area (TPSA) is 69.7 Å². The lowest BCUT2D eigenvalue weighted by molar-refractivity contribution is -0.135. The number of unbranched alkanes of at least 4 members (excludes halogenated alkanes) is 8. The predicted octanol–water partition coefficient (Wildman–Crippen LogP) is 3.59. The smallest absolute Gasteiger partial charge is 0.335 e. The van der Waals surface area contributed by atoms with E-state index in [2.05, 4.69) is 15.3 Å². The molecule has 6 heteroatoms. The first kappa shape index (κ1) is 19.1. The first-order chi connectivity index (χ1) is 9.56. The fourth-order valence-electron chi connectivity index (χ4n) is 1.81. The summed E-state index contributed by atoms with van der Waals surface area (Å²) >= 11 is -2.29. The highest BCUT2D eigenvalue weighted by molar-refractivity contribution is 7.76. The molecule has 20 heavy (non-hydrogen) atoms. The van der Waals surface area contributed by atoms with Gasteiger partial charge < -0.3 is 8.37 Å². The summed E-state index contributed by atoms with van der Waals surface area (Å²) in [5.74, 6) is -1.33. The minimum atomic E-state index is -2.29. The Morgan fingerprint density at radius 3 is 1.85 bits per heavy atom. The van der Waals surface area contributed by atoms with E-state index in [1.54, 1.807) is 0 Å². The lowest BCUT2D eigenvalue weighted by Crippen LogP contribution is -2.11. The van der Waals surface area contributed by atoms with Gasteiger partial charge in [0.05, 0.1) is 0 Å². The third-order valence-electron chi connectivity index (χ3n) is 2.83. The van der Waals surface area contributed by atoms with Crippen molar-refractivity contribution in [3.63, 3.8) is 0 Å². The maximum Gasteiger partial charge on any atom is 0.422 e. The van der Waals surface area contributed by atoms with Crippen LogP contribution in [-0.2, 0) is 29.3 Å². The van der Waals surface area contributed by atoms with E-state index >= 15 is 0 Å². The van der Waals surface area contributed by atoms with Gasteiger partial charge in [-0.2, -0.15) is 4.21 Å². The summed E-state index contributed by atoms with van der Waals surface area (Å²) in [7, 11) is 0. The maximum absolute atomic E-state index is 11.2. The Bertz CT molecular complexity index is 304. The third kappa shape index (κ3) is 13.5. The largest absolute Gasteiger partial charge is 0.422 e. The number of carbonyl (C=O) groups is 2. The molecule has 0 saturated carbocycles. The summed E-state index contributed by atoms with van der Waals surface area (Å²) in [5, 5.41) is 0. The summed E-state index contributed by atoms with van der Waals surface area (Å²) in [6.07, 6.45) is 10.6. The Morgan fingerprint density at radius 2 is 1.35 bits per heavy atom. The molecule has 1 atom stereocenters. The molecule has 0 radical (unpaired) electrons. The van der Waals surface area contributed by atoms with Crippen molar-refractivity contribution in [2.75, 3.05) is 0 Å². The van der Waals surface area contributed by atoms with Gasteiger partial charge in [0.2, 0.25) is 0 Å². The number of rotatable bonds is 12. The first-order valence-electron chi connectivity index (χ1n) is 7.38. The Kier molecular flexibility index (Phi) is 12.5. The second kappa shape index (κ2) is 13.1. The van der Waals surface area contributed by atoms with E-state index in [1.807, 2.05) is 0 Å². The fourth-order valence-corrected chi connectivity index (χ4v) is 2.27. The molecule has 118 valence electrons. The van der Waals surface area contributed by atoms with Crippen molar-refractivity contribution in [2.45, 2.75) is 78.1 Å². The number of carbonyl (C=O) groups excluding carboxylic acids is 2. The molecule has 0 aliphatic rings. The monoisotopic (exact) mass is 306 g/mol. The fraction of sp³-hybridized carbons (Fsp3) is 0.857. The van der Waals surface area contributed by atoms with Crippen LogP contribution in [0.4, 0.5) is 0 Å². The molecule has 0 aromatic rings. The summed E-state index contributed by atoms with van der Waals surface area (Å²) < 4.78 is 19.6. The molecule has 0 aliphatic heterocycles. The minimum Gasteiger partial charge on any atom is -0.335 e. The van der Waals surface area contributed by atoms with Crippen LogP contribution in [0.15, 0.2) is 0 Å². The van der Waals surface area contributed by atoms with Crippen molar-refractivity contribution >= 4 is 23.3 Å². The summed E-state index contributed by atoms with van der Waals surface area (Å²) in [6, 6.07) is 0. The Hall–Kier alpha value is -0.910. The lowest BCUT2D eigenvalue weighted by atomic mass is 10.1. The molecule has 0 aromatic carbocycles. The average molecular weight is 306 g/mol. The molecule has 1 unspecified atom stereocenters. The van der Waals surface area contributed by atoms with Gasteiger partial charge in [-0.05, 0) is 6.42 Å². The van der Waals surface area contributed by atoms with Gasteiger partial charge in [-0.25, -0.2) is 0 Å². The molecule has 0 N–H and O–H groups in total. The van der Waals surface area contributed by atoms with Crippen molar-refractivity contribution in [1.82, 2.24) is 0 Å². The van der Waals surface area contributed by atoms with E-state index in [-0.39, 0.29) is 6.42 Å². The zero-order chi connectivity index (χ0) is 15.2. The van der Waals surface area contributed by atoms with Crippen molar-refractivity contribution in [3.8, 4) is 0 Å². The molecule has 0 fully saturated rings. The quantitative estimate of drug-likeness (QED) is 0.515. The normalized spacial score (nSPS) is 11.9. The molecule has 0 bridgehead atoms. The van der Waals surface area contributed by atoms with E-state index in [0.29, 0.717) is 6.42 Å². The van der Waals surface area contributed by atoms with E-state index in [9.17, 15) is 13.8 Å². The van der Waals surface area contributed by atoms with Crippen molar-refractivity contribution < 1.29 is 22.2 Å². The molecule has 0 heterocycles. The minimum absolute atomic E-state index is 0.211. The number of hydrogen-bond acceptors (Lipinski definition) is 5. The molecule has 0 amide bonds. The van der Waals surface area contributed by atoms with Gasteiger partial charge >= 0.3 is 23.3 Å². The van der Waals surface area contributed by atoms with E-state index in [4.69, 9.17) is 0 Å². The molecule has 0 rings (SSSR count). The predicted molar refractivity (Wildman–Crippen MR) is 77.8 cm³/mol. The van der Waals surface area contributed by atoms with Gasteiger partial charge in [0.15, 0.2) is 0 Å². The molecule has 5 nitrogen and oxygen atoms in total. The van der Waals surface area contributed by atoms with Crippen LogP contribution in [0, 0.1) is 0 Å². The SMILES string of the molecule is CCCCCCCCCCCC(=O)OS(=O)OC(C)=O. The van der Waals surface area contributed by atoms with Gasteiger partial charge in [-0.1, -0.05) is 58.3 Å².